The molecular weight excluding hydrogens is 158 g/mol. The summed E-state index contributed by atoms with van der Waals surface area (Å²) in [5, 5.41) is 8.39. The molecule has 0 saturated carbocycles. The molecule has 0 aliphatic carbocycles. The third kappa shape index (κ3) is 7.84. The summed E-state index contributed by atoms with van der Waals surface area (Å²) in [5.74, 6) is 0.925. The minimum atomic E-state index is 0.741. The highest BCUT2D eigenvalue weighted by Gasteiger charge is 2.05. The zero-order valence-electron chi connectivity index (χ0n) is 9.18. The Bertz CT molecular complexity index is 129. The maximum Gasteiger partial charge on any atom is 0.0621 e. The maximum atomic E-state index is 8.39. The molecule has 13 heavy (non-hydrogen) atoms. The summed E-state index contributed by atoms with van der Waals surface area (Å²) in [7, 11) is 0. The number of hydrogen-bond donors (Lipinski definition) is 0. The van der Waals surface area contributed by atoms with Crippen LogP contribution in [-0.4, -0.2) is 0 Å². The van der Waals surface area contributed by atoms with Crippen molar-refractivity contribution in [1.82, 2.24) is 0 Å². The zero-order valence-corrected chi connectivity index (χ0v) is 9.18. The van der Waals surface area contributed by atoms with Gasteiger partial charge in [0.2, 0.25) is 0 Å². The molecule has 0 radical (unpaired) electrons. The van der Waals surface area contributed by atoms with Gasteiger partial charge in [0.1, 0.15) is 0 Å². The van der Waals surface area contributed by atoms with Crippen LogP contribution in [0, 0.1) is 17.2 Å². The van der Waals surface area contributed by atoms with Crippen molar-refractivity contribution in [3.63, 3.8) is 0 Å². The summed E-state index contributed by atoms with van der Waals surface area (Å²) in [5.41, 5.74) is 0. The molecule has 0 aliphatic rings. The first-order valence-corrected chi connectivity index (χ1v) is 5.72. The average molecular weight is 181 g/mol. The number of nitrogens with zero attached hydrogens (tertiary/aromatic N) is 1. The molecule has 0 amide bonds. The molecule has 0 unspecified atom stereocenters. The van der Waals surface area contributed by atoms with E-state index in [0.29, 0.717) is 0 Å². The first kappa shape index (κ1) is 12.5. The van der Waals surface area contributed by atoms with E-state index in [9.17, 15) is 0 Å². The van der Waals surface area contributed by atoms with Crippen LogP contribution in [0.15, 0.2) is 0 Å². The SMILES string of the molecule is CCCC(CCC)CCCCC#N. The van der Waals surface area contributed by atoms with Gasteiger partial charge in [0.15, 0.2) is 0 Å². The number of rotatable bonds is 8. The van der Waals surface area contributed by atoms with Gasteiger partial charge in [-0.2, -0.15) is 5.26 Å². The Morgan fingerprint density at radius 2 is 1.62 bits per heavy atom. The minimum Gasteiger partial charge on any atom is -0.198 e. The van der Waals surface area contributed by atoms with Crippen molar-refractivity contribution >= 4 is 0 Å². The summed E-state index contributed by atoms with van der Waals surface area (Å²) in [6.07, 6.45) is 9.79. The summed E-state index contributed by atoms with van der Waals surface area (Å²) in [4.78, 5) is 0. The molecule has 0 spiro atoms. The van der Waals surface area contributed by atoms with Crippen molar-refractivity contribution in [3.05, 3.63) is 0 Å². The zero-order chi connectivity index (χ0) is 9.94. The van der Waals surface area contributed by atoms with Crippen LogP contribution in [0.4, 0.5) is 0 Å². The van der Waals surface area contributed by atoms with E-state index in [2.05, 4.69) is 19.9 Å². The Morgan fingerprint density at radius 3 is 2.08 bits per heavy atom. The van der Waals surface area contributed by atoms with E-state index in [4.69, 9.17) is 5.26 Å². The Labute approximate surface area is 83.1 Å². The first-order chi connectivity index (χ1) is 6.35. The molecule has 0 aliphatic heterocycles. The Hall–Kier alpha value is -0.510. The smallest absolute Gasteiger partial charge is 0.0621 e. The van der Waals surface area contributed by atoms with Gasteiger partial charge < -0.3 is 0 Å². The normalized spacial score (nSPS) is 10.3. The van der Waals surface area contributed by atoms with Gasteiger partial charge in [-0.1, -0.05) is 52.4 Å². The molecule has 0 aromatic heterocycles. The van der Waals surface area contributed by atoms with Crippen molar-refractivity contribution in [2.45, 2.75) is 65.2 Å². The van der Waals surface area contributed by atoms with E-state index in [-0.39, 0.29) is 0 Å². The van der Waals surface area contributed by atoms with Crippen LogP contribution in [-0.2, 0) is 0 Å². The molecule has 1 heteroatoms. The second kappa shape index (κ2) is 9.58. The van der Waals surface area contributed by atoms with E-state index in [0.717, 1.165) is 18.8 Å². The van der Waals surface area contributed by atoms with E-state index >= 15 is 0 Å². The molecule has 1 nitrogen and oxygen atoms in total. The molecule has 0 N–H and O–H groups in total. The van der Waals surface area contributed by atoms with Crippen LogP contribution in [0.3, 0.4) is 0 Å². The lowest BCUT2D eigenvalue weighted by Gasteiger charge is -2.14. The van der Waals surface area contributed by atoms with Crippen LogP contribution >= 0.6 is 0 Å². The average Bonchev–Trinajstić information content (AvgIpc) is 2.13. The van der Waals surface area contributed by atoms with Gasteiger partial charge in [-0.15, -0.1) is 0 Å². The largest absolute Gasteiger partial charge is 0.198 e. The molecule has 0 heterocycles. The van der Waals surface area contributed by atoms with Crippen molar-refractivity contribution in [3.8, 4) is 6.07 Å². The van der Waals surface area contributed by atoms with Gasteiger partial charge in [0, 0.05) is 6.42 Å². The van der Waals surface area contributed by atoms with Crippen LogP contribution < -0.4 is 0 Å². The van der Waals surface area contributed by atoms with Gasteiger partial charge >= 0.3 is 0 Å². The summed E-state index contributed by atoms with van der Waals surface area (Å²) in [6.45, 7) is 4.52. The predicted molar refractivity (Wildman–Crippen MR) is 57.4 cm³/mol. The number of nitriles is 1. The van der Waals surface area contributed by atoms with Crippen LogP contribution in [0.1, 0.15) is 65.2 Å². The van der Waals surface area contributed by atoms with Crippen molar-refractivity contribution in [2.75, 3.05) is 0 Å². The first-order valence-electron chi connectivity index (χ1n) is 5.72. The van der Waals surface area contributed by atoms with E-state index < -0.39 is 0 Å². The predicted octanol–water partition coefficient (Wildman–Crippen LogP) is 4.29. The fourth-order valence-corrected chi connectivity index (χ4v) is 1.89. The molecule has 0 atom stereocenters. The fourth-order valence-electron chi connectivity index (χ4n) is 1.89. The number of unbranched alkanes of at least 4 members (excludes halogenated alkanes) is 2. The second-order valence-corrected chi connectivity index (χ2v) is 3.85. The van der Waals surface area contributed by atoms with Gasteiger partial charge in [-0.3, -0.25) is 0 Å². The molecule has 0 aromatic carbocycles. The van der Waals surface area contributed by atoms with E-state index in [1.165, 1.54) is 38.5 Å². The fraction of sp³-hybridized carbons (Fsp3) is 0.917. The van der Waals surface area contributed by atoms with Crippen LogP contribution in [0.5, 0.6) is 0 Å². The Morgan fingerprint density at radius 1 is 1.00 bits per heavy atom. The highest BCUT2D eigenvalue weighted by molar-refractivity contribution is 4.68. The van der Waals surface area contributed by atoms with Gasteiger partial charge in [0.05, 0.1) is 6.07 Å². The third-order valence-electron chi connectivity index (χ3n) is 2.54. The highest BCUT2D eigenvalue weighted by atomic mass is 14.2. The lowest BCUT2D eigenvalue weighted by molar-refractivity contribution is 0.396. The van der Waals surface area contributed by atoms with Crippen molar-refractivity contribution < 1.29 is 0 Å². The van der Waals surface area contributed by atoms with Crippen LogP contribution in [0.25, 0.3) is 0 Å². The molecule has 0 aromatic rings. The van der Waals surface area contributed by atoms with Crippen molar-refractivity contribution in [1.29, 1.82) is 5.26 Å². The molecule has 0 fully saturated rings. The highest BCUT2D eigenvalue weighted by Crippen LogP contribution is 2.20. The summed E-state index contributed by atoms with van der Waals surface area (Å²) < 4.78 is 0. The number of hydrogen-bond acceptors (Lipinski definition) is 1. The van der Waals surface area contributed by atoms with E-state index in [1.807, 2.05) is 0 Å². The maximum absolute atomic E-state index is 8.39. The summed E-state index contributed by atoms with van der Waals surface area (Å²) >= 11 is 0. The molecule has 0 bridgehead atoms. The van der Waals surface area contributed by atoms with Crippen molar-refractivity contribution in [2.24, 2.45) is 5.92 Å². The molecular formula is C12H23N. The molecule has 0 rings (SSSR count). The Kier molecular flexibility index (Phi) is 9.20. The minimum absolute atomic E-state index is 0.741. The molecule has 76 valence electrons. The van der Waals surface area contributed by atoms with Gasteiger partial charge in [-0.25, -0.2) is 0 Å². The van der Waals surface area contributed by atoms with Gasteiger partial charge in [-0.05, 0) is 12.3 Å². The van der Waals surface area contributed by atoms with Gasteiger partial charge in [0.25, 0.3) is 0 Å². The monoisotopic (exact) mass is 181 g/mol. The third-order valence-corrected chi connectivity index (χ3v) is 2.54. The van der Waals surface area contributed by atoms with E-state index in [1.54, 1.807) is 0 Å². The lowest BCUT2D eigenvalue weighted by Crippen LogP contribution is -1.99. The lowest BCUT2D eigenvalue weighted by atomic mass is 9.92. The topological polar surface area (TPSA) is 23.8 Å². The Balaban J connectivity index is 3.39. The molecule has 0 saturated heterocycles. The van der Waals surface area contributed by atoms with Crippen LogP contribution in [0.2, 0.25) is 0 Å². The summed E-state index contributed by atoms with van der Waals surface area (Å²) in [6, 6.07) is 2.21. The second-order valence-electron chi connectivity index (χ2n) is 3.85. The standard InChI is InChI=1S/C12H23N/c1-3-8-12(9-4-2)10-6-5-7-11-13/h12H,3-10H2,1-2H3. The quantitative estimate of drug-likeness (QED) is 0.512.